The smallest absolute Gasteiger partial charge is 0.317 e. The van der Waals surface area contributed by atoms with E-state index in [1.165, 1.54) is 16.7 Å². The van der Waals surface area contributed by atoms with Crippen LogP contribution in [0.5, 0.6) is 0 Å². The molecule has 0 radical (unpaired) electrons. The molecule has 0 spiro atoms. The van der Waals surface area contributed by atoms with Gasteiger partial charge in [0.1, 0.15) is 0 Å². The number of ether oxygens (including phenoxy) is 1. The number of urea groups is 1. The van der Waals surface area contributed by atoms with Crippen molar-refractivity contribution in [1.82, 2.24) is 10.2 Å². The molecular formula is C22H34N2O3. The highest BCUT2D eigenvalue weighted by molar-refractivity contribution is 5.75. The predicted molar refractivity (Wildman–Crippen MR) is 107 cm³/mol. The number of aliphatic hydroxyl groups is 1. The number of aliphatic hydroxyl groups excluding tert-OH is 1. The number of rotatable bonds is 4. The SMILES string of the molecule is Cc1ccc(C(C)(C)CNC(=O)N2CCOCC2C2CCCC2O)c(C)c1. The zero-order valence-electron chi connectivity index (χ0n) is 17.1. The lowest BCUT2D eigenvalue weighted by Crippen LogP contribution is -2.57. The van der Waals surface area contributed by atoms with Gasteiger partial charge in [-0.1, -0.05) is 44.0 Å². The van der Waals surface area contributed by atoms with Gasteiger partial charge in [-0.2, -0.15) is 0 Å². The van der Waals surface area contributed by atoms with Crippen molar-refractivity contribution >= 4 is 6.03 Å². The van der Waals surface area contributed by atoms with Crippen molar-refractivity contribution in [3.63, 3.8) is 0 Å². The van der Waals surface area contributed by atoms with E-state index in [9.17, 15) is 9.90 Å². The van der Waals surface area contributed by atoms with Crippen LogP contribution in [0.25, 0.3) is 0 Å². The Bertz CT molecular complexity index is 674. The fourth-order valence-electron chi connectivity index (χ4n) is 4.71. The molecule has 1 saturated carbocycles. The number of hydrogen-bond donors (Lipinski definition) is 2. The average Bonchev–Trinajstić information content (AvgIpc) is 3.05. The van der Waals surface area contributed by atoms with E-state index in [1.807, 2.05) is 4.90 Å². The van der Waals surface area contributed by atoms with Crippen LogP contribution in [0.4, 0.5) is 4.79 Å². The maximum absolute atomic E-state index is 13.0. The van der Waals surface area contributed by atoms with Crippen molar-refractivity contribution in [2.24, 2.45) is 5.92 Å². The lowest BCUT2D eigenvalue weighted by atomic mass is 9.81. The first-order chi connectivity index (χ1) is 12.8. The maximum atomic E-state index is 13.0. The molecule has 3 atom stereocenters. The molecule has 2 N–H and O–H groups in total. The first-order valence-corrected chi connectivity index (χ1v) is 10.2. The third-order valence-corrected chi connectivity index (χ3v) is 6.24. The number of carbonyl (C=O) groups excluding carboxylic acids is 1. The second-order valence-electron chi connectivity index (χ2n) is 8.86. The van der Waals surface area contributed by atoms with E-state index in [2.05, 4.69) is 51.2 Å². The molecule has 1 aromatic carbocycles. The molecule has 0 aromatic heterocycles. The van der Waals surface area contributed by atoms with Crippen LogP contribution in [0.2, 0.25) is 0 Å². The number of nitrogens with zero attached hydrogens (tertiary/aromatic N) is 1. The van der Waals surface area contributed by atoms with Crippen molar-refractivity contribution in [3.8, 4) is 0 Å². The zero-order valence-corrected chi connectivity index (χ0v) is 17.1. The summed E-state index contributed by atoms with van der Waals surface area (Å²) in [6, 6.07) is 6.42. The molecule has 1 saturated heterocycles. The highest BCUT2D eigenvalue weighted by Crippen LogP contribution is 2.32. The average molecular weight is 375 g/mol. The Kier molecular flexibility index (Phi) is 6.11. The molecule has 2 amide bonds. The van der Waals surface area contributed by atoms with Crippen molar-refractivity contribution in [3.05, 3.63) is 34.9 Å². The minimum Gasteiger partial charge on any atom is -0.393 e. The maximum Gasteiger partial charge on any atom is 0.317 e. The van der Waals surface area contributed by atoms with E-state index in [0.29, 0.717) is 26.3 Å². The number of nitrogens with one attached hydrogen (secondary N) is 1. The normalized spacial score (nSPS) is 26.3. The van der Waals surface area contributed by atoms with Crippen molar-refractivity contribution in [2.75, 3.05) is 26.3 Å². The highest BCUT2D eigenvalue weighted by Gasteiger charge is 2.39. The van der Waals surface area contributed by atoms with Gasteiger partial charge < -0.3 is 20.1 Å². The third kappa shape index (κ3) is 4.46. The lowest BCUT2D eigenvalue weighted by Gasteiger charge is -2.40. The molecule has 5 heteroatoms. The Labute approximate surface area is 163 Å². The molecule has 1 aromatic rings. The third-order valence-electron chi connectivity index (χ3n) is 6.24. The summed E-state index contributed by atoms with van der Waals surface area (Å²) in [6.07, 6.45) is 2.50. The van der Waals surface area contributed by atoms with Gasteiger partial charge >= 0.3 is 6.03 Å². The molecule has 2 aliphatic rings. The summed E-state index contributed by atoms with van der Waals surface area (Å²) < 4.78 is 5.63. The molecule has 1 aliphatic heterocycles. The first kappa shape index (κ1) is 20.2. The zero-order chi connectivity index (χ0) is 19.6. The van der Waals surface area contributed by atoms with Crippen LogP contribution in [0, 0.1) is 19.8 Å². The van der Waals surface area contributed by atoms with Crippen molar-refractivity contribution in [1.29, 1.82) is 0 Å². The minimum absolute atomic E-state index is 0.0273. The van der Waals surface area contributed by atoms with E-state index in [-0.39, 0.29) is 29.5 Å². The van der Waals surface area contributed by atoms with Crippen molar-refractivity contribution < 1.29 is 14.6 Å². The summed E-state index contributed by atoms with van der Waals surface area (Å²) in [5.41, 5.74) is 3.62. The molecular weight excluding hydrogens is 340 g/mol. The highest BCUT2D eigenvalue weighted by atomic mass is 16.5. The summed E-state index contributed by atoms with van der Waals surface area (Å²) in [6.45, 7) is 10.8. The van der Waals surface area contributed by atoms with E-state index >= 15 is 0 Å². The topological polar surface area (TPSA) is 61.8 Å². The molecule has 0 bridgehead atoms. The van der Waals surface area contributed by atoms with Crippen LogP contribution < -0.4 is 5.32 Å². The Morgan fingerprint density at radius 2 is 2.11 bits per heavy atom. The van der Waals surface area contributed by atoms with Crippen LogP contribution >= 0.6 is 0 Å². The second-order valence-corrected chi connectivity index (χ2v) is 8.86. The van der Waals surface area contributed by atoms with Gasteiger partial charge in [-0.25, -0.2) is 4.79 Å². The van der Waals surface area contributed by atoms with Gasteiger partial charge in [0.05, 0.1) is 25.4 Å². The Hall–Kier alpha value is -1.59. The van der Waals surface area contributed by atoms with Gasteiger partial charge in [0.25, 0.3) is 0 Å². The quantitative estimate of drug-likeness (QED) is 0.851. The first-order valence-electron chi connectivity index (χ1n) is 10.2. The molecule has 1 heterocycles. The fraction of sp³-hybridized carbons (Fsp3) is 0.682. The van der Waals surface area contributed by atoms with Crippen LogP contribution in [-0.2, 0) is 10.2 Å². The van der Waals surface area contributed by atoms with Crippen molar-refractivity contribution in [2.45, 2.75) is 64.5 Å². The number of benzene rings is 1. The lowest BCUT2D eigenvalue weighted by molar-refractivity contribution is -0.0309. The number of amides is 2. The van der Waals surface area contributed by atoms with Crippen LogP contribution in [0.3, 0.4) is 0 Å². The number of hydrogen-bond acceptors (Lipinski definition) is 3. The van der Waals surface area contributed by atoms with Gasteiger partial charge in [0.15, 0.2) is 0 Å². The summed E-state index contributed by atoms with van der Waals surface area (Å²) in [5, 5.41) is 13.4. The Morgan fingerprint density at radius 3 is 2.78 bits per heavy atom. The van der Waals surface area contributed by atoms with Gasteiger partial charge in [0.2, 0.25) is 0 Å². The monoisotopic (exact) mass is 374 g/mol. The fourth-order valence-corrected chi connectivity index (χ4v) is 4.71. The molecule has 27 heavy (non-hydrogen) atoms. The van der Waals surface area contributed by atoms with E-state index < -0.39 is 0 Å². The second kappa shape index (κ2) is 8.19. The summed E-state index contributed by atoms with van der Waals surface area (Å²) >= 11 is 0. The van der Waals surface area contributed by atoms with E-state index in [0.717, 1.165) is 19.3 Å². The van der Waals surface area contributed by atoms with E-state index in [1.54, 1.807) is 0 Å². The molecule has 3 rings (SSSR count). The molecule has 150 valence electrons. The minimum atomic E-state index is -0.321. The predicted octanol–water partition coefficient (Wildman–Crippen LogP) is 3.15. The Balaban J connectivity index is 1.66. The number of carbonyl (C=O) groups is 1. The summed E-state index contributed by atoms with van der Waals surface area (Å²) in [7, 11) is 0. The van der Waals surface area contributed by atoms with Crippen LogP contribution in [0.15, 0.2) is 18.2 Å². The molecule has 2 fully saturated rings. The Morgan fingerprint density at radius 1 is 1.33 bits per heavy atom. The summed E-state index contributed by atoms with van der Waals surface area (Å²) in [4.78, 5) is 14.9. The van der Waals surface area contributed by atoms with Crippen LogP contribution in [-0.4, -0.2) is 54.5 Å². The molecule has 3 unspecified atom stereocenters. The standard InChI is InChI=1S/C22H34N2O3/c1-15-8-9-18(16(2)12-15)22(3,4)14-23-21(26)24-10-11-27-13-19(24)17-6-5-7-20(17)25/h8-9,12,17,19-20,25H,5-7,10-11,13-14H2,1-4H3,(H,23,26). The van der Waals surface area contributed by atoms with Gasteiger partial charge in [-0.15, -0.1) is 0 Å². The summed E-state index contributed by atoms with van der Waals surface area (Å²) in [5.74, 6) is 0.128. The van der Waals surface area contributed by atoms with E-state index in [4.69, 9.17) is 4.74 Å². The van der Waals surface area contributed by atoms with Gasteiger partial charge in [-0.05, 0) is 37.8 Å². The number of aryl methyl sites for hydroxylation is 2. The van der Waals surface area contributed by atoms with Crippen LogP contribution in [0.1, 0.15) is 49.8 Å². The number of morpholine rings is 1. The largest absolute Gasteiger partial charge is 0.393 e. The molecule has 1 aliphatic carbocycles. The molecule has 5 nitrogen and oxygen atoms in total. The van der Waals surface area contributed by atoms with Gasteiger partial charge in [0, 0.05) is 24.4 Å². The van der Waals surface area contributed by atoms with Gasteiger partial charge in [-0.3, -0.25) is 0 Å².